The van der Waals surface area contributed by atoms with Crippen LogP contribution in [0.2, 0.25) is 0 Å². The zero-order valence-electron chi connectivity index (χ0n) is 13.5. The maximum absolute atomic E-state index is 12.6. The lowest BCUT2D eigenvalue weighted by Crippen LogP contribution is -2.13. The van der Waals surface area contributed by atoms with Gasteiger partial charge >= 0.3 is 6.18 Å². The molecular formula is C18H13F3N2O2S. The molecule has 0 atom stereocenters. The van der Waals surface area contributed by atoms with E-state index in [2.05, 4.69) is 10.3 Å². The zero-order valence-corrected chi connectivity index (χ0v) is 14.3. The number of aromatic nitrogens is 1. The summed E-state index contributed by atoms with van der Waals surface area (Å²) in [6.45, 7) is 0. The highest BCUT2D eigenvalue weighted by Crippen LogP contribution is 2.32. The van der Waals surface area contributed by atoms with Crippen LogP contribution in [0, 0.1) is 0 Å². The van der Waals surface area contributed by atoms with Crippen molar-refractivity contribution in [3.63, 3.8) is 0 Å². The van der Waals surface area contributed by atoms with E-state index in [9.17, 15) is 18.0 Å². The fourth-order valence-electron chi connectivity index (χ4n) is 2.33. The Bertz CT molecular complexity index is 921. The van der Waals surface area contributed by atoms with Crippen molar-refractivity contribution in [1.29, 1.82) is 0 Å². The molecule has 0 fully saturated rings. The van der Waals surface area contributed by atoms with Crippen LogP contribution in [0.4, 0.5) is 18.3 Å². The first-order chi connectivity index (χ1) is 12.4. The van der Waals surface area contributed by atoms with Gasteiger partial charge in [-0.15, -0.1) is 11.3 Å². The number of nitrogens with one attached hydrogen (secondary N) is 1. The lowest BCUT2D eigenvalue weighted by molar-refractivity contribution is -0.140. The first-order valence-electron chi connectivity index (χ1n) is 7.46. The number of anilines is 1. The Hall–Kier alpha value is -2.87. The third-order valence-corrected chi connectivity index (χ3v) is 4.35. The maximum Gasteiger partial charge on any atom is 0.434 e. The molecule has 3 rings (SSSR count). The van der Waals surface area contributed by atoms with Gasteiger partial charge in [0.15, 0.2) is 10.8 Å². The number of alkyl halides is 3. The molecule has 0 aliphatic heterocycles. The number of carbonyl (C=O) groups is 1. The fourth-order valence-corrected chi connectivity index (χ4v) is 3.04. The van der Waals surface area contributed by atoms with E-state index in [1.54, 1.807) is 55.6 Å². The van der Waals surface area contributed by atoms with Crippen molar-refractivity contribution in [3.8, 4) is 16.9 Å². The van der Waals surface area contributed by atoms with Gasteiger partial charge in [0.25, 0.3) is 5.91 Å². The summed E-state index contributed by atoms with van der Waals surface area (Å²) in [7, 11) is 1.56. The Morgan fingerprint density at radius 1 is 1.12 bits per heavy atom. The summed E-state index contributed by atoms with van der Waals surface area (Å²) in [5, 5.41) is 3.19. The van der Waals surface area contributed by atoms with E-state index < -0.39 is 17.8 Å². The summed E-state index contributed by atoms with van der Waals surface area (Å²) in [6, 6.07) is 14.0. The van der Waals surface area contributed by atoms with Crippen LogP contribution in [0.15, 0.2) is 53.9 Å². The number of benzene rings is 2. The summed E-state index contributed by atoms with van der Waals surface area (Å²) < 4.78 is 43.0. The molecule has 8 heteroatoms. The van der Waals surface area contributed by atoms with Crippen LogP contribution < -0.4 is 10.1 Å². The van der Waals surface area contributed by atoms with E-state index >= 15 is 0 Å². The molecule has 2 aromatic carbocycles. The second-order valence-corrected chi connectivity index (χ2v) is 6.12. The Labute approximate surface area is 151 Å². The molecule has 1 aromatic heterocycles. The van der Waals surface area contributed by atoms with Gasteiger partial charge < -0.3 is 4.74 Å². The molecule has 1 N–H and O–H groups in total. The summed E-state index contributed by atoms with van der Waals surface area (Å²) in [5.74, 6) is 0.151. The number of amides is 1. The monoisotopic (exact) mass is 378 g/mol. The van der Waals surface area contributed by atoms with E-state index in [-0.39, 0.29) is 5.13 Å². The molecule has 0 spiro atoms. The van der Waals surface area contributed by atoms with Crippen molar-refractivity contribution < 1.29 is 22.7 Å². The van der Waals surface area contributed by atoms with Gasteiger partial charge in [-0.1, -0.05) is 30.3 Å². The molecule has 1 amide bonds. The van der Waals surface area contributed by atoms with Gasteiger partial charge in [-0.3, -0.25) is 10.1 Å². The number of methoxy groups -OCH3 is 1. The molecule has 0 aliphatic rings. The first kappa shape index (κ1) is 17.9. The van der Waals surface area contributed by atoms with Crippen molar-refractivity contribution in [2.24, 2.45) is 0 Å². The molecule has 0 saturated heterocycles. The van der Waals surface area contributed by atoms with E-state index in [1.165, 1.54) is 0 Å². The van der Waals surface area contributed by atoms with Gasteiger partial charge in [0.2, 0.25) is 0 Å². The van der Waals surface area contributed by atoms with E-state index in [0.29, 0.717) is 16.9 Å². The zero-order chi connectivity index (χ0) is 18.7. The van der Waals surface area contributed by atoms with Gasteiger partial charge in [-0.05, 0) is 29.3 Å². The Kier molecular flexibility index (Phi) is 4.94. The van der Waals surface area contributed by atoms with Gasteiger partial charge in [0.05, 0.1) is 7.11 Å². The second kappa shape index (κ2) is 7.17. The molecular weight excluding hydrogens is 365 g/mol. The van der Waals surface area contributed by atoms with Crippen LogP contribution in [0.5, 0.6) is 5.75 Å². The minimum Gasteiger partial charge on any atom is -0.497 e. The standard InChI is InChI=1S/C18H13F3N2O2S/c1-25-12-8-6-11(7-9-12)13-4-2-3-5-14(13)16(24)23-17-22-15(10-26-17)18(19,20)21/h2-10H,1H3,(H,22,23,24). The Morgan fingerprint density at radius 3 is 2.42 bits per heavy atom. The van der Waals surface area contributed by atoms with E-state index in [1.807, 2.05) is 0 Å². The van der Waals surface area contributed by atoms with E-state index in [4.69, 9.17) is 4.74 Å². The van der Waals surface area contributed by atoms with Crippen molar-refractivity contribution in [3.05, 3.63) is 65.2 Å². The highest BCUT2D eigenvalue weighted by molar-refractivity contribution is 7.14. The topological polar surface area (TPSA) is 51.2 Å². The minimum atomic E-state index is -4.54. The average molecular weight is 378 g/mol. The molecule has 0 saturated carbocycles. The minimum absolute atomic E-state index is 0.105. The summed E-state index contributed by atoms with van der Waals surface area (Å²) >= 11 is 0.726. The molecule has 26 heavy (non-hydrogen) atoms. The molecule has 4 nitrogen and oxygen atoms in total. The SMILES string of the molecule is COc1ccc(-c2ccccc2C(=O)Nc2nc(C(F)(F)F)cs2)cc1. The van der Waals surface area contributed by atoms with Gasteiger partial charge in [-0.25, -0.2) is 4.98 Å². The van der Waals surface area contributed by atoms with Crippen molar-refractivity contribution in [1.82, 2.24) is 4.98 Å². The number of thiazole rings is 1. The lowest BCUT2D eigenvalue weighted by atomic mass is 9.99. The Balaban J connectivity index is 1.87. The van der Waals surface area contributed by atoms with Gasteiger partial charge in [0.1, 0.15) is 5.75 Å². The number of ether oxygens (including phenoxy) is 1. The normalized spacial score (nSPS) is 11.2. The van der Waals surface area contributed by atoms with E-state index in [0.717, 1.165) is 22.3 Å². The molecule has 0 aliphatic carbocycles. The number of nitrogens with zero attached hydrogens (tertiary/aromatic N) is 1. The van der Waals surface area contributed by atoms with Crippen LogP contribution in [0.1, 0.15) is 16.1 Å². The first-order valence-corrected chi connectivity index (χ1v) is 8.34. The maximum atomic E-state index is 12.6. The van der Waals surface area contributed by atoms with Crippen LogP contribution in [0.25, 0.3) is 11.1 Å². The number of halogens is 3. The predicted octanol–water partition coefficient (Wildman–Crippen LogP) is 5.09. The predicted molar refractivity (Wildman–Crippen MR) is 93.5 cm³/mol. The summed E-state index contributed by atoms with van der Waals surface area (Å²) in [4.78, 5) is 16.0. The highest BCUT2D eigenvalue weighted by Gasteiger charge is 2.34. The number of hydrogen-bond acceptors (Lipinski definition) is 4. The third-order valence-electron chi connectivity index (χ3n) is 3.59. The van der Waals surface area contributed by atoms with Crippen LogP contribution in [-0.2, 0) is 6.18 Å². The van der Waals surface area contributed by atoms with Crippen molar-refractivity contribution in [2.75, 3.05) is 12.4 Å². The number of carbonyl (C=O) groups excluding carboxylic acids is 1. The largest absolute Gasteiger partial charge is 0.497 e. The molecule has 0 bridgehead atoms. The van der Waals surface area contributed by atoms with Crippen LogP contribution >= 0.6 is 11.3 Å². The molecule has 0 radical (unpaired) electrons. The quantitative estimate of drug-likeness (QED) is 0.688. The van der Waals surface area contributed by atoms with Crippen LogP contribution in [-0.4, -0.2) is 18.0 Å². The highest BCUT2D eigenvalue weighted by atomic mass is 32.1. The average Bonchev–Trinajstić information content (AvgIpc) is 3.11. The summed E-state index contributed by atoms with van der Waals surface area (Å²) in [5.41, 5.74) is 0.745. The molecule has 0 unspecified atom stereocenters. The van der Waals surface area contributed by atoms with Crippen molar-refractivity contribution in [2.45, 2.75) is 6.18 Å². The van der Waals surface area contributed by atoms with Gasteiger partial charge in [0, 0.05) is 10.9 Å². The number of rotatable bonds is 4. The third kappa shape index (κ3) is 3.85. The Morgan fingerprint density at radius 2 is 1.81 bits per heavy atom. The number of hydrogen-bond donors (Lipinski definition) is 1. The second-order valence-electron chi connectivity index (χ2n) is 5.26. The van der Waals surface area contributed by atoms with Crippen LogP contribution in [0.3, 0.4) is 0 Å². The van der Waals surface area contributed by atoms with Gasteiger partial charge in [-0.2, -0.15) is 13.2 Å². The smallest absolute Gasteiger partial charge is 0.434 e. The summed E-state index contributed by atoms with van der Waals surface area (Å²) in [6.07, 6.45) is -4.54. The fraction of sp³-hybridized carbons (Fsp3) is 0.111. The van der Waals surface area contributed by atoms with Crippen molar-refractivity contribution >= 4 is 22.4 Å². The molecule has 1 heterocycles. The molecule has 3 aromatic rings. The lowest BCUT2D eigenvalue weighted by Gasteiger charge is -2.10. The molecule has 134 valence electrons.